The lowest BCUT2D eigenvalue weighted by atomic mass is 10.1. The molecule has 0 N–H and O–H groups in total. The molecular formula is C20H23NO4. The van der Waals surface area contributed by atoms with Crippen molar-refractivity contribution in [1.29, 1.82) is 0 Å². The molecule has 1 heterocycles. The fourth-order valence-electron chi connectivity index (χ4n) is 2.14. The lowest BCUT2D eigenvalue weighted by molar-refractivity contribution is -0.152. The third-order valence-electron chi connectivity index (χ3n) is 3.36. The van der Waals surface area contributed by atoms with Gasteiger partial charge in [-0.05, 0) is 49.8 Å². The van der Waals surface area contributed by atoms with Crippen molar-refractivity contribution in [2.45, 2.75) is 20.1 Å². The number of ketones is 1. The number of ether oxygens (including phenoxy) is 3. The average Bonchev–Trinajstić information content (AvgIpc) is 2.66. The molecule has 0 fully saturated rings. The van der Waals surface area contributed by atoms with Crippen LogP contribution in [0.5, 0.6) is 5.75 Å². The molecule has 0 saturated carbocycles. The van der Waals surface area contributed by atoms with Crippen LogP contribution in [0.4, 0.5) is 0 Å². The minimum Gasteiger partial charge on any atom is -0.488 e. The van der Waals surface area contributed by atoms with Gasteiger partial charge >= 0.3 is 0 Å². The van der Waals surface area contributed by atoms with E-state index in [2.05, 4.69) is 4.98 Å². The second kappa shape index (κ2) is 10.4. The summed E-state index contributed by atoms with van der Waals surface area (Å²) in [5.41, 5.74) is 1.53. The van der Waals surface area contributed by atoms with E-state index in [4.69, 9.17) is 14.2 Å². The van der Waals surface area contributed by atoms with Crippen molar-refractivity contribution >= 4 is 11.9 Å². The van der Waals surface area contributed by atoms with Crippen molar-refractivity contribution in [3.05, 3.63) is 66.0 Å². The molecule has 2 aromatic rings. The molecule has 2 rings (SSSR count). The van der Waals surface area contributed by atoms with Crippen LogP contribution in [0.3, 0.4) is 0 Å². The van der Waals surface area contributed by atoms with Crippen molar-refractivity contribution in [1.82, 2.24) is 4.98 Å². The molecule has 0 aliphatic heterocycles. The van der Waals surface area contributed by atoms with Gasteiger partial charge in [0.2, 0.25) is 0 Å². The van der Waals surface area contributed by atoms with Gasteiger partial charge in [0, 0.05) is 31.2 Å². The predicted octanol–water partition coefficient (Wildman–Crippen LogP) is 3.76. The van der Waals surface area contributed by atoms with Crippen molar-refractivity contribution < 1.29 is 19.0 Å². The zero-order valence-electron chi connectivity index (χ0n) is 14.6. The number of carbonyl (C=O) groups excluding carboxylic acids is 1. The first-order valence-corrected chi connectivity index (χ1v) is 8.31. The maximum Gasteiger partial charge on any atom is 0.191 e. The highest BCUT2D eigenvalue weighted by Gasteiger charge is 2.08. The van der Waals surface area contributed by atoms with Crippen LogP contribution in [0.2, 0.25) is 0 Å². The number of carbonyl (C=O) groups is 1. The van der Waals surface area contributed by atoms with Crippen molar-refractivity contribution in [3.8, 4) is 5.75 Å². The van der Waals surface area contributed by atoms with Crippen LogP contribution >= 0.6 is 0 Å². The number of benzene rings is 1. The van der Waals surface area contributed by atoms with Gasteiger partial charge in [0.1, 0.15) is 12.4 Å². The standard InChI is InChI=1S/C20H23NO4/c1-3-23-20(24-4-2)15-25-18-8-5-16(6-9-18)7-10-19(22)17-11-13-21-14-12-17/h5-14,20H,3-4,15H2,1-2H3. The monoisotopic (exact) mass is 341 g/mol. The number of aromatic nitrogens is 1. The second-order valence-electron chi connectivity index (χ2n) is 5.15. The minimum absolute atomic E-state index is 0.0565. The Bertz CT molecular complexity index is 662. The highest BCUT2D eigenvalue weighted by molar-refractivity contribution is 6.06. The SMILES string of the molecule is CCOC(COc1ccc(C=CC(=O)c2ccncc2)cc1)OCC. The normalized spacial score (nSPS) is 11.2. The number of hydrogen-bond acceptors (Lipinski definition) is 5. The third kappa shape index (κ3) is 6.49. The van der Waals surface area contributed by atoms with E-state index in [9.17, 15) is 4.79 Å². The third-order valence-corrected chi connectivity index (χ3v) is 3.36. The number of pyridine rings is 1. The van der Waals surface area contributed by atoms with E-state index >= 15 is 0 Å². The molecule has 1 aromatic carbocycles. The molecule has 0 bridgehead atoms. The first kappa shape index (κ1) is 18.8. The van der Waals surface area contributed by atoms with Gasteiger partial charge < -0.3 is 14.2 Å². The van der Waals surface area contributed by atoms with Gasteiger partial charge in [-0.3, -0.25) is 9.78 Å². The number of allylic oxidation sites excluding steroid dienone is 1. The van der Waals surface area contributed by atoms with E-state index in [0.717, 1.165) is 11.3 Å². The molecule has 5 nitrogen and oxygen atoms in total. The van der Waals surface area contributed by atoms with Crippen LogP contribution in [0, 0.1) is 0 Å². The largest absolute Gasteiger partial charge is 0.488 e. The summed E-state index contributed by atoms with van der Waals surface area (Å²) >= 11 is 0. The Labute approximate surface area is 148 Å². The summed E-state index contributed by atoms with van der Waals surface area (Å²) in [4.78, 5) is 15.9. The second-order valence-corrected chi connectivity index (χ2v) is 5.15. The maximum absolute atomic E-state index is 12.0. The van der Waals surface area contributed by atoms with Gasteiger partial charge in [0.15, 0.2) is 12.1 Å². The van der Waals surface area contributed by atoms with Gasteiger partial charge in [-0.25, -0.2) is 0 Å². The summed E-state index contributed by atoms with van der Waals surface area (Å²) in [6.07, 6.45) is 6.16. The zero-order chi connectivity index (χ0) is 17.9. The average molecular weight is 341 g/mol. The summed E-state index contributed by atoms with van der Waals surface area (Å²) in [6.45, 7) is 5.31. The lowest BCUT2D eigenvalue weighted by Gasteiger charge is -2.17. The van der Waals surface area contributed by atoms with Crippen LogP contribution in [0.25, 0.3) is 6.08 Å². The minimum atomic E-state index is -0.368. The molecule has 0 atom stereocenters. The topological polar surface area (TPSA) is 57.7 Å². The first-order valence-electron chi connectivity index (χ1n) is 8.31. The van der Waals surface area contributed by atoms with E-state index in [0.29, 0.717) is 25.4 Å². The molecule has 0 aliphatic rings. The van der Waals surface area contributed by atoms with Crippen LogP contribution in [0.15, 0.2) is 54.9 Å². The van der Waals surface area contributed by atoms with Crippen molar-refractivity contribution in [2.24, 2.45) is 0 Å². The Morgan fingerprint density at radius 1 is 1.04 bits per heavy atom. The van der Waals surface area contributed by atoms with Crippen LogP contribution in [-0.2, 0) is 9.47 Å². The van der Waals surface area contributed by atoms with Gasteiger partial charge in [-0.15, -0.1) is 0 Å². The quantitative estimate of drug-likeness (QED) is 0.374. The highest BCUT2D eigenvalue weighted by atomic mass is 16.7. The Morgan fingerprint density at radius 2 is 1.68 bits per heavy atom. The maximum atomic E-state index is 12.0. The van der Waals surface area contributed by atoms with E-state index in [-0.39, 0.29) is 12.1 Å². The molecule has 0 saturated heterocycles. The van der Waals surface area contributed by atoms with E-state index < -0.39 is 0 Å². The molecule has 132 valence electrons. The molecule has 0 spiro atoms. The molecule has 0 aliphatic carbocycles. The summed E-state index contributed by atoms with van der Waals surface area (Å²) in [7, 11) is 0. The molecule has 0 radical (unpaired) electrons. The lowest BCUT2D eigenvalue weighted by Crippen LogP contribution is -2.25. The summed E-state index contributed by atoms with van der Waals surface area (Å²) in [5.74, 6) is 0.668. The van der Waals surface area contributed by atoms with Crippen molar-refractivity contribution in [2.75, 3.05) is 19.8 Å². The molecule has 5 heteroatoms. The van der Waals surface area contributed by atoms with Crippen molar-refractivity contribution in [3.63, 3.8) is 0 Å². The highest BCUT2D eigenvalue weighted by Crippen LogP contribution is 2.14. The van der Waals surface area contributed by atoms with Gasteiger partial charge in [-0.2, -0.15) is 0 Å². The molecule has 25 heavy (non-hydrogen) atoms. The molecule has 0 amide bonds. The van der Waals surface area contributed by atoms with E-state index in [1.165, 1.54) is 0 Å². The van der Waals surface area contributed by atoms with Crippen LogP contribution in [0.1, 0.15) is 29.8 Å². The molecule has 1 aromatic heterocycles. The Balaban J connectivity index is 1.89. The first-order chi connectivity index (χ1) is 12.2. The summed E-state index contributed by atoms with van der Waals surface area (Å²) < 4.78 is 16.5. The number of rotatable bonds is 10. The summed E-state index contributed by atoms with van der Waals surface area (Å²) in [6, 6.07) is 10.9. The van der Waals surface area contributed by atoms with Gasteiger partial charge in [0.25, 0.3) is 0 Å². The summed E-state index contributed by atoms with van der Waals surface area (Å²) in [5, 5.41) is 0. The fraction of sp³-hybridized carbons (Fsp3) is 0.300. The zero-order valence-corrected chi connectivity index (χ0v) is 14.6. The Hall–Kier alpha value is -2.50. The fourth-order valence-corrected chi connectivity index (χ4v) is 2.14. The van der Waals surface area contributed by atoms with Gasteiger partial charge in [-0.1, -0.05) is 18.2 Å². The predicted molar refractivity (Wildman–Crippen MR) is 96.6 cm³/mol. The van der Waals surface area contributed by atoms with Crippen LogP contribution in [-0.4, -0.2) is 36.9 Å². The Morgan fingerprint density at radius 3 is 2.28 bits per heavy atom. The molecule has 0 unspecified atom stereocenters. The Kier molecular flexibility index (Phi) is 7.82. The van der Waals surface area contributed by atoms with Crippen LogP contribution < -0.4 is 4.74 Å². The van der Waals surface area contributed by atoms with E-state index in [1.54, 1.807) is 36.7 Å². The number of nitrogens with zero attached hydrogens (tertiary/aromatic N) is 1. The molecular weight excluding hydrogens is 318 g/mol. The van der Waals surface area contributed by atoms with Gasteiger partial charge in [0.05, 0.1) is 0 Å². The smallest absolute Gasteiger partial charge is 0.191 e. The van der Waals surface area contributed by atoms with E-state index in [1.807, 2.05) is 38.1 Å². The number of hydrogen-bond donors (Lipinski definition) is 0.